The van der Waals surface area contributed by atoms with Gasteiger partial charge in [0.15, 0.2) is 11.5 Å². The maximum absolute atomic E-state index is 12.4. The van der Waals surface area contributed by atoms with Crippen LogP contribution >= 0.6 is 15.9 Å². The molecule has 0 aliphatic heterocycles. The van der Waals surface area contributed by atoms with E-state index >= 15 is 0 Å². The highest BCUT2D eigenvalue weighted by molar-refractivity contribution is 9.09. The van der Waals surface area contributed by atoms with Crippen molar-refractivity contribution in [3.05, 3.63) is 23.8 Å². The minimum Gasteiger partial charge on any atom is -0.493 e. The molecule has 1 aromatic rings. The first-order chi connectivity index (χ1) is 9.55. The zero-order valence-corrected chi connectivity index (χ0v) is 13.6. The Morgan fingerprint density at radius 3 is 2.50 bits per heavy atom. The molecule has 110 valence electrons. The minimum absolute atomic E-state index is 0.0176. The van der Waals surface area contributed by atoms with E-state index in [4.69, 9.17) is 9.47 Å². The van der Waals surface area contributed by atoms with Crippen molar-refractivity contribution in [1.82, 2.24) is 4.90 Å². The van der Waals surface area contributed by atoms with Crippen molar-refractivity contribution < 1.29 is 14.3 Å². The Morgan fingerprint density at radius 1 is 1.30 bits per heavy atom. The fourth-order valence-corrected chi connectivity index (χ4v) is 3.52. The van der Waals surface area contributed by atoms with Gasteiger partial charge in [0.05, 0.1) is 14.2 Å². The van der Waals surface area contributed by atoms with Gasteiger partial charge in [0.2, 0.25) is 0 Å². The molecule has 1 aliphatic carbocycles. The molecule has 0 saturated heterocycles. The van der Waals surface area contributed by atoms with Gasteiger partial charge in [0.25, 0.3) is 5.91 Å². The van der Waals surface area contributed by atoms with Gasteiger partial charge in [0.1, 0.15) is 0 Å². The number of nitrogens with zero attached hydrogens (tertiary/aromatic N) is 1. The zero-order chi connectivity index (χ0) is 14.7. The van der Waals surface area contributed by atoms with Gasteiger partial charge in [-0.3, -0.25) is 4.79 Å². The summed E-state index contributed by atoms with van der Waals surface area (Å²) in [5.74, 6) is 1.83. The quantitative estimate of drug-likeness (QED) is 0.773. The number of halogens is 1. The van der Waals surface area contributed by atoms with Gasteiger partial charge in [-0.2, -0.15) is 0 Å². The minimum atomic E-state index is 0.0176. The lowest BCUT2D eigenvalue weighted by Gasteiger charge is -2.34. The number of carbonyl (C=O) groups excluding carboxylic acids is 1. The Labute approximate surface area is 128 Å². The fourth-order valence-electron chi connectivity index (χ4n) is 2.46. The van der Waals surface area contributed by atoms with Gasteiger partial charge in [0, 0.05) is 24.0 Å². The van der Waals surface area contributed by atoms with Crippen molar-refractivity contribution in [3.63, 3.8) is 0 Å². The number of carbonyl (C=O) groups is 1. The largest absolute Gasteiger partial charge is 0.493 e. The lowest BCUT2D eigenvalue weighted by Crippen LogP contribution is -2.37. The summed E-state index contributed by atoms with van der Waals surface area (Å²) in [5, 5.41) is 0. The molecular formula is C15H20BrNO3. The van der Waals surface area contributed by atoms with Gasteiger partial charge in [-0.15, -0.1) is 0 Å². The predicted molar refractivity (Wildman–Crippen MR) is 81.9 cm³/mol. The van der Waals surface area contributed by atoms with Crippen LogP contribution in [0.15, 0.2) is 18.2 Å². The molecule has 1 amide bonds. The molecule has 5 heteroatoms. The summed E-state index contributed by atoms with van der Waals surface area (Å²) in [6.07, 6.45) is 2.28. The number of rotatable bonds is 5. The van der Waals surface area contributed by atoms with Crippen LogP contribution in [0.1, 0.15) is 23.2 Å². The lowest BCUT2D eigenvalue weighted by molar-refractivity contribution is 0.0748. The molecule has 1 saturated carbocycles. The molecular weight excluding hydrogens is 322 g/mol. The maximum atomic E-state index is 12.4. The molecule has 1 aliphatic rings. The van der Waals surface area contributed by atoms with Gasteiger partial charge >= 0.3 is 0 Å². The normalized spacial score (nSPS) is 21.0. The molecule has 1 aromatic carbocycles. The Balaban J connectivity index is 2.04. The Kier molecular flexibility index (Phi) is 4.91. The molecule has 0 aromatic heterocycles. The van der Waals surface area contributed by atoms with Crippen LogP contribution in [0.4, 0.5) is 0 Å². The second-order valence-corrected chi connectivity index (χ2v) is 6.49. The second-order valence-electron chi connectivity index (χ2n) is 5.19. The van der Waals surface area contributed by atoms with E-state index in [0.717, 1.165) is 19.4 Å². The lowest BCUT2D eigenvalue weighted by atomic mass is 9.85. The third-order valence-corrected chi connectivity index (χ3v) is 4.44. The summed E-state index contributed by atoms with van der Waals surface area (Å²) in [6, 6.07) is 5.26. The van der Waals surface area contributed by atoms with E-state index in [0.29, 0.717) is 27.8 Å². The number of hydrogen-bond acceptors (Lipinski definition) is 3. The van der Waals surface area contributed by atoms with Crippen LogP contribution in [0.2, 0.25) is 0 Å². The van der Waals surface area contributed by atoms with Gasteiger partial charge in [-0.25, -0.2) is 0 Å². The van der Waals surface area contributed by atoms with Crippen LogP contribution < -0.4 is 9.47 Å². The molecule has 4 nitrogen and oxygen atoms in total. The highest BCUT2D eigenvalue weighted by atomic mass is 79.9. The first kappa shape index (κ1) is 15.2. The summed E-state index contributed by atoms with van der Waals surface area (Å²) < 4.78 is 10.4. The standard InChI is InChI=1S/C15H20BrNO3/c1-17(9-10-6-12(16)7-10)15(18)11-4-5-13(19-2)14(8-11)20-3/h4-5,8,10,12H,6-7,9H2,1-3H3. The summed E-state index contributed by atoms with van der Waals surface area (Å²) in [4.78, 5) is 14.8. The van der Waals surface area contributed by atoms with Crippen LogP contribution in [-0.4, -0.2) is 43.4 Å². The third kappa shape index (κ3) is 3.26. The smallest absolute Gasteiger partial charge is 0.253 e. The first-order valence-corrected chi connectivity index (χ1v) is 7.58. The Bertz CT molecular complexity index is 486. The third-order valence-electron chi connectivity index (χ3n) is 3.69. The van der Waals surface area contributed by atoms with Crippen LogP contribution in [-0.2, 0) is 0 Å². The van der Waals surface area contributed by atoms with E-state index in [-0.39, 0.29) is 5.91 Å². The van der Waals surface area contributed by atoms with Crippen molar-refractivity contribution >= 4 is 21.8 Å². The number of methoxy groups -OCH3 is 2. The second kappa shape index (κ2) is 6.48. The van der Waals surface area contributed by atoms with E-state index in [9.17, 15) is 4.79 Å². The highest BCUT2D eigenvalue weighted by Gasteiger charge is 2.29. The molecule has 2 rings (SSSR count). The molecule has 0 bridgehead atoms. The van der Waals surface area contributed by atoms with Crippen LogP contribution in [0, 0.1) is 5.92 Å². The van der Waals surface area contributed by atoms with E-state index in [2.05, 4.69) is 15.9 Å². The highest BCUT2D eigenvalue weighted by Crippen LogP contribution is 2.34. The molecule has 0 unspecified atom stereocenters. The predicted octanol–water partition coefficient (Wildman–Crippen LogP) is 2.95. The number of benzene rings is 1. The van der Waals surface area contributed by atoms with Gasteiger partial charge in [-0.05, 0) is 37.0 Å². The van der Waals surface area contributed by atoms with E-state index < -0.39 is 0 Å². The summed E-state index contributed by atoms with van der Waals surface area (Å²) >= 11 is 3.57. The van der Waals surface area contributed by atoms with Crippen LogP contribution in [0.5, 0.6) is 11.5 Å². The fraction of sp³-hybridized carbons (Fsp3) is 0.533. The number of amides is 1. The van der Waals surface area contributed by atoms with E-state index in [1.807, 2.05) is 7.05 Å². The summed E-state index contributed by atoms with van der Waals surface area (Å²) in [5.41, 5.74) is 0.625. The Morgan fingerprint density at radius 2 is 1.95 bits per heavy atom. The SMILES string of the molecule is COc1ccc(C(=O)N(C)CC2CC(Br)C2)cc1OC. The average Bonchev–Trinajstić information content (AvgIpc) is 2.43. The van der Waals surface area contributed by atoms with E-state index in [1.54, 1.807) is 37.3 Å². The number of alkyl halides is 1. The monoisotopic (exact) mass is 341 g/mol. The number of ether oxygens (including phenoxy) is 2. The molecule has 0 N–H and O–H groups in total. The maximum Gasteiger partial charge on any atom is 0.253 e. The average molecular weight is 342 g/mol. The van der Waals surface area contributed by atoms with Gasteiger partial charge in [-0.1, -0.05) is 15.9 Å². The van der Waals surface area contributed by atoms with Crippen molar-refractivity contribution in [2.45, 2.75) is 17.7 Å². The topological polar surface area (TPSA) is 38.8 Å². The van der Waals surface area contributed by atoms with Crippen LogP contribution in [0.3, 0.4) is 0 Å². The molecule has 0 spiro atoms. The van der Waals surface area contributed by atoms with Crippen molar-refractivity contribution in [2.75, 3.05) is 27.8 Å². The summed E-state index contributed by atoms with van der Waals surface area (Å²) in [6.45, 7) is 0.801. The van der Waals surface area contributed by atoms with Crippen molar-refractivity contribution in [2.24, 2.45) is 5.92 Å². The van der Waals surface area contributed by atoms with Crippen molar-refractivity contribution in [3.8, 4) is 11.5 Å². The molecule has 20 heavy (non-hydrogen) atoms. The molecule has 1 fully saturated rings. The van der Waals surface area contributed by atoms with Crippen LogP contribution in [0.25, 0.3) is 0 Å². The van der Waals surface area contributed by atoms with Gasteiger partial charge < -0.3 is 14.4 Å². The molecule has 0 radical (unpaired) electrons. The Hall–Kier alpha value is -1.23. The van der Waals surface area contributed by atoms with Crippen molar-refractivity contribution in [1.29, 1.82) is 0 Å². The number of hydrogen-bond donors (Lipinski definition) is 0. The molecule has 0 heterocycles. The zero-order valence-electron chi connectivity index (χ0n) is 12.1. The van der Waals surface area contributed by atoms with E-state index in [1.165, 1.54) is 0 Å². The molecule has 0 atom stereocenters. The first-order valence-electron chi connectivity index (χ1n) is 6.66. The summed E-state index contributed by atoms with van der Waals surface area (Å²) in [7, 11) is 5.00.